The second kappa shape index (κ2) is 10.8. The van der Waals surface area contributed by atoms with Crippen molar-refractivity contribution in [3.8, 4) is 28.8 Å². The Morgan fingerprint density at radius 1 is 1.08 bits per heavy atom. The minimum absolute atomic E-state index is 0.133. The van der Waals surface area contributed by atoms with Gasteiger partial charge in [0.1, 0.15) is 10.8 Å². The Morgan fingerprint density at radius 2 is 1.84 bits per heavy atom. The van der Waals surface area contributed by atoms with Gasteiger partial charge in [-0.05, 0) is 44.0 Å². The highest BCUT2D eigenvalue weighted by Crippen LogP contribution is 2.43. The van der Waals surface area contributed by atoms with Gasteiger partial charge in [0.05, 0.1) is 36.3 Å². The van der Waals surface area contributed by atoms with Crippen LogP contribution in [-0.2, 0) is 17.8 Å². The summed E-state index contributed by atoms with van der Waals surface area (Å²) < 4.78 is 11.8. The van der Waals surface area contributed by atoms with E-state index in [-0.39, 0.29) is 18.3 Å². The lowest BCUT2D eigenvalue weighted by Gasteiger charge is -2.24. The van der Waals surface area contributed by atoms with Gasteiger partial charge in [-0.2, -0.15) is 4.98 Å². The Hall–Kier alpha value is -3.95. The predicted octanol–water partition coefficient (Wildman–Crippen LogP) is 5.39. The number of amides is 1. The van der Waals surface area contributed by atoms with Crippen LogP contribution >= 0.6 is 11.8 Å². The third kappa shape index (κ3) is 4.94. The van der Waals surface area contributed by atoms with Crippen LogP contribution in [0.1, 0.15) is 33.5 Å². The maximum Gasteiger partial charge on any atom is 0.234 e. The van der Waals surface area contributed by atoms with Crippen LogP contribution in [0.4, 0.5) is 5.69 Å². The fourth-order valence-electron chi connectivity index (χ4n) is 4.48. The number of anilines is 1. The number of ether oxygens (including phenoxy) is 2. The summed E-state index contributed by atoms with van der Waals surface area (Å²) in [5.74, 6) is 2.09. The zero-order valence-corrected chi connectivity index (χ0v) is 22.5. The summed E-state index contributed by atoms with van der Waals surface area (Å²) in [6.45, 7) is 5.65. The molecule has 0 radical (unpaired) electrons. The maximum atomic E-state index is 13.0. The fraction of sp³-hybridized carbons (Fsp3) is 0.241. The zero-order chi connectivity index (χ0) is 26.8. The van der Waals surface area contributed by atoms with E-state index in [0.29, 0.717) is 51.5 Å². The lowest BCUT2D eigenvalue weighted by Crippen LogP contribution is -2.17. The highest BCUT2D eigenvalue weighted by molar-refractivity contribution is 8.00. The van der Waals surface area contributed by atoms with Crippen LogP contribution in [0, 0.1) is 20.8 Å². The number of carbonyl (C=O) groups is 1. The summed E-state index contributed by atoms with van der Waals surface area (Å²) >= 11 is 1.33. The van der Waals surface area contributed by atoms with Crippen LogP contribution in [0.25, 0.3) is 11.4 Å². The van der Waals surface area contributed by atoms with E-state index in [0.717, 1.165) is 27.9 Å². The number of aryl methyl sites for hydroxylation is 3. The van der Waals surface area contributed by atoms with Gasteiger partial charge in [0.2, 0.25) is 11.8 Å². The summed E-state index contributed by atoms with van der Waals surface area (Å²) in [6, 6.07) is 13.4. The Labute approximate surface area is 225 Å². The maximum absolute atomic E-state index is 13.0. The number of thioether (sulfide) groups is 1. The summed E-state index contributed by atoms with van der Waals surface area (Å²) in [5.41, 5.74) is 6.57. The third-order valence-corrected chi connectivity index (χ3v) is 7.51. The SMILES string of the molecule is COc1ccccc1-c1nc2c(c(SCC(=O)Nc3c(C)cccc3C)n1)Cc1c(CO)cnc(C)c1O2. The lowest BCUT2D eigenvalue weighted by molar-refractivity contribution is -0.113. The molecule has 2 aromatic carbocycles. The highest BCUT2D eigenvalue weighted by atomic mass is 32.2. The molecule has 0 spiro atoms. The molecule has 0 saturated carbocycles. The van der Waals surface area contributed by atoms with Gasteiger partial charge in [-0.15, -0.1) is 0 Å². The lowest BCUT2D eigenvalue weighted by atomic mass is 9.99. The number of benzene rings is 2. The first kappa shape index (κ1) is 25.7. The molecule has 2 N–H and O–H groups in total. The number of nitrogens with zero attached hydrogens (tertiary/aromatic N) is 3. The molecule has 8 nitrogen and oxygen atoms in total. The quantitative estimate of drug-likeness (QED) is 0.214. The number of aliphatic hydroxyl groups is 1. The van der Waals surface area contributed by atoms with Crippen molar-refractivity contribution >= 4 is 23.4 Å². The molecule has 0 unspecified atom stereocenters. The number of aliphatic hydroxyl groups excluding tert-OH is 1. The van der Waals surface area contributed by atoms with Crippen LogP contribution < -0.4 is 14.8 Å². The van der Waals surface area contributed by atoms with Gasteiger partial charge < -0.3 is 19.9 Å². The Balaban J connectivity index is 1.52. The average molecular weight is 529 g/mol. The number of pyridine rings is 1. The number of nitrogens with one attached hydrogen (secondary N) is 1. The second-order valence-electron chi connectivity index (χ2n) is 9.05. The third-order valence-electron chi connectivity index (χ3n) is 6.49. The van der Waals surface area contributed by atoms with Gasteiger partial charge in [0.25, 0.3) is 0 Å². The number of fused-ring (bicyclic) bond motifs is 2. The molecule has 0 fully saturated rings. The first-order valence-electron chi connectivity index (χ1n) is 12.2. The van der Waals surface area contributed by atoms with Gasteiger partial charge in [0.15, 0.2) is 11.6 Å². The van der Waals surface area contributed by atoms with E-state index in [1.165, 1.54) is 11.8 Å². The molecule has 1 amide bonds. The van der Waals surface area contributed by atoms with Crippen molar-refractivity contribution in [1.29, 1.82) is 0 Å². The van der Waals surface area contributed by atoms with E-state index in [1.54, 1.807) is 13.3 Å². The highest BCUT2D eigenvalue weighted by Gasteiger charge is 2.28. The largest absolute Gasteiger partial charge is 0.496 e. The van der Waals surface area contributed by atoms with Gasteiger partial charge in [0, 0.05) is 29.4 Å². The summed E-state index contributed by atoms with van der Waals surface area (Å²) in [5, 5.41) is 13.6. The molecular weight excluding hydrogens is 500 g/mol. The average Bonchev–Trinajstić information content (AvgIpc) is 2.93. The number of aromatic nitrogens is 3. The van der Waals surface area contributed by atoms with Crippen molar-refractivity contribution in [3.63, 3.8) is 0 Å². The molecule has 3 heterocycles. The molecule has 38 heavy (non-hydrogen) atoms. The number of carbonyl (C=O) groups excluding carboxylic acids is 1. The number of para-hydroxylation sites is 2. The molecular formula is C29H28N4O4S. The predicted molar refractivity (Wildman–Crippen MR) is 147 cm³/mol. The van der Waals surface area contributed by atoms with E-state index in [1.807, 2.05) is 63.2 Å². The smallest absolute Gasteiger partial charge is 0.234 e. The molecule has 0 aliphatic carbocycles. The standard InChI is InChI=1S/C29H28N4O4S/c1-16-8-7-9-17(2)25(16)31-24(35)15-38-29-22-12-21-19(14-34)13-30-18(3)26(21)37-28(22)32-27(33-29)20-10-5-6-11-23(20)36-4/h5-11,13,34H,12,14-15H2,1-4H3,(H,31,35). The summed E-state index contributed by atoms with van der Waals surface area (Å²) in [4.78, 5) is 27.0. The topological polar surface area (TPSA) is 106 Å². The van der Waals surface area contributed by atoms with E-state index < -0.39 is 0 Å². The Bertz CT molecular complexity index is 1520. The minimum atomic E-state index is -0.158. The first-order chi connectivity index (χ1) is 18.4. The van der Waals surface area contributed by atoms with Crippen molar-refractivity contribution in [2.45, 2.75) is 38.8 Å². The number of methoxy groups -OCH3 is 1. The number of hydrogen-bond donors (Lipinski definition) is 2. The van der Waals surface area contributed by atoms with Crippen LogP contribution in [0.3, 0.4) is 0 Å². The molecule has 5 rings (SSSR count). The van der Waals surface area contributed by atoms with Crippen LogP contribution in [0.15, 0.2) is 53.7 Å². The van der Waals surface area contributed by atoms with Crippen LogP contribution in [0.5, 0.6) is 17.4 Å². The normalized spacial score (nSPS) is 11.8. The van der Waals surface area contributed by atoms with Crippen molar-refractivity contribution < 1.29 is 19.4 Å². The molecule has 0 saturated heterocycles. The van der Waals surface area contributed by atoms with Crippen LogP contribution in [-0.4, -0.2) is 38.8 Å². The first-order valence-corrected chi connectivity index (χ1v) is 13.2. The van der Waals surface area contributed by atoms with Gasteiger partial charge in [-0.1, -0.05) is 42.1 Å². The van der Waals surface area contributed by atoms with E-state index in [4.69, 9.17) is 19.4 Å². The fourth-order valence-corrected chi connectivity index (χ4v) is 5.31. The molecule has 9 heteroatoms. The molecule has 1 aliphatic heterocycles. The van der Waals surface area contributed by atoms with E-state index in [2.05, 4.69) is 10.3 Å². The van der Waals surface area contributed by atoms with Crippen LogP contribution in [0.2, 0.25) is 0 Å². The van der Waals surface area contributed by atoms with E-state index >= 15 is 0 Å². The van der Waals surface area contributed by atoms with Gasteiger partial charge in [-0.3, -0.25) is 9.78 Å². The molecule has 0 bridgehead atoms. The van der Waals surface area contributed by atoms with Crippen molar-refractivity contribution in [2.75, 3.05) is 18.2 Å². The summed E-state index contributed by atoms with van der Waals surface area (Å²) in [7, 11) is 1.60. The van der Waals surface area contributed by atoms with Gasteiger partial charge in [-0.25, -0.2) is 4.98 Å². The monoisotopic (exact) mass is 528 g/mol. The zero-order valence-electron chi connectivity index (χ0n) is 21.7. The van der Waals surface area contributed by atoms with Gasteiger partial charge >= 0.3 is 0 Å². The number of hydrogen-bond acceptors (Lipinski definition) is 8. The molecule has 4 aromatic rings. The summed E-state index contributed by atoms with van der Waals surface area (Å²) in [6.07, 6.45) is 2.12. The Morgan fingerprint density at radius 3 is 2.58 bits per heavy atom. The van der Waals surface area contributed by atoms with Crippen molar-refractivity contribution in [1.82, 2.24) is 15.0 Å². The Kier molecular flexibility index (Phi) is 7.31. The van der Waals surface area contributed by atoms with Crippen molar-refractivity contribution in [2.24, 2.45) is 0 Å². The molecule has 194 valence electrons. The number of rotatable bonds is 7. The van der Waals surface area contributed by atoms with Crippen molar-refractivity contribution in [3.05, 3.63) is 82.2 Å². The van der Waals surface area contributed by atoms with E-state index in [9.17, 15) is 9.90 Å². The second-order valence-corrected chi connectivity index (χ2v) is 10.0. The molecule has 1 aliphatic rings. The molecule has 2 aromatic heterocycles. The molecule has 0 atom stereocenters. The minimum Gasteiger partial charge on any atom is -0.496 e.